The van der Waals surface area contributed by atoms with Gasteiger partial charge in [0.15, 0.2) is 0 Å². The molecule has 2 aliphatic carbocycles. The molecule has 0 spiro atoms. The quantitative estimate of drug-likeness (QED) is 0.770. The molecular formula is C19H35N3. The van der Waals surface area contributed by atoms with Gasteiger partial charge in [-0.25, -0.2) is 10.9 Å². The zero-order valence-electron chi connectivity index (χ0n) is 14.8. The summed E-state index contributed by atoms with van der Waals surface area (Å²) in [4.78, 5) is 2.87. The molecule has 4 aliphatic rings. The van der Waals surface area contributed by atoms with Gasteiger partial charge in [0, 0.05) is 5.54 Å². The van der Waals surface area contributed by atoms with Gasteiger partial charge in [0.05, 0.1) is 12.3 Å². The van der Waals surface area contributed by atoms with E-state index in [0.29, 0.717) is 17.9 Å². The Kier molecular flexibility index (Phi) is 4.03. The minimum atomic E-state index is 0.335. The van der Waals surface area contributed by atoms with E-state index in [1.807, 2.05) is 0 Å². The number of hydrogen-bond acceptors (Lipinski definition) is 3. The Balaban J connectivity index is 1.59. The summed E-state index contributed by atoms with van der Waals surface area (Å²) in [7, 11) is 0. The van der Waals surface area contributed by atoms with Crippen molar-refractivity contribution < 1.29 is 0 Å². The van der Waals surface area contributed by atoms with Crippen LogP contribution in [0.1, 0.15) is 78.6 Å². The molecule has 0 aromatic rings. The Hall–Kier alpha value is -0.120. The number of fused-ring (bicyclic) bond motifs is 3. The maximum atomic E-state index is 3.76. The van der Waals surface area contributed by atoms with E-state index in [4.69, 9.17) is 0 Å². The molecule has 126 valence electrons. The Labute approximate surface area is 136 Å². The smallest absolute Gasteiger partial charge is 0.0778 e. The minimum absolute atomic E-state index is 0.335. The molecule has 6 unspecified atom stereocenters. The predicted molar refractivity (Wildman–Crippen MR) is 91.0 cm³/mol. The molecule has 2 heterocycles. The van der Waals surface area contributed by atoms with Crippen LogP contribution in [0.15, 0.2) is 0 Å². The molecule has 0 bridgehead atoms. The van der Waals surface area contributed by atoms with Crippen molar-refractivity contribution in [2.45, 2.75) is 96.4 Å². The minimum Gasteiger partial charge on any atom is -0.264 e. The lowest BCUT2D eigenvalue weighted by Crippen LogP contribution is -2.63. The third-order valence-electron chi connectivity index (χ3n) is 7.40. The molecule has 2 saturated carbocycles. The molecule has 4 rings (SSSR count). The van der Waals surface area contributed by atoms with Crippen LogP contribution in [-0.4, -0.2) is 22.8 Å². The molecule has 3 heteroatoms. The molecule has 2 saturated heterocycles. The van der Waals surface area contributed by atoms with Crippen LogP contribution >= 0.6 is 0 Å². The molecule has 22 heavy (non-hydrogen) atoms. The number of nitrogens with zero attached hydrogens (tertiary/aromatic N) is 1. The summed E-state index contributed by atoms with van der Waals surface area (Å²) in [5.74, 6) is 3.51. The van der Waals surface area contributed by atoms with E-state index in [2.05, 4.69) is 36.5 Å². The number of piperidine rings is 1. The second kappa shape index (κ2) is 5.75. The molecule has 0 aromatic heterocycles. The lowest BCUT2D eigenvalue weighted by molar-refractivity contribution is -0.0810. The maximum absolute atomic E-state index is 3.76. The molecule has 6 atom stereocenters. The summed E-state index contributed by atoms with van der Waals surface area (Å²) >= 11 is 0. The molecule has 2 N–H and O–H groups in total. The Morgan fingerprint density at radius 1 is 0.818 bits per heavy atom. The Morgan fingerprint density at radius 3 is 2.14 bits per heavy atom. The van der Waals surface area contributed by atoms with Crippen LogP contribution in [0.25, 0.3) is 0 Å². The lowest BCUT2D eigenvalue weighted by atomic mass is 9.67. The normalized spacial score (nSPS) is 48.7. The van der Waals surface area contributed by atoms with Crippen LogP contribution in [0, 0.1) is 23.7 Å². The van der Waals surface area contributed by atoms with Crippen molar-refractivity contribution >= 4 is 0 Å². The van der Waals surface area contributed by atoms with Gasteiger partial charge >= 0.3 is 0 Å². The third-order valence-corrected chi connectivity index (χ3v) is 7.40. The number of nitrogens with one attached hydrogen (secondary N) is 2. The second-order valence-corrected chi connectivity index (χ2v) is 9.24. The van der Waals surface area contributed by atoms with Crippen molar-refractivity contribution in [1.82, 2.24) is 15.8 Å². The van der Waals surface area contributed by atoms with Gasteiger partial charge in [0.2, 0.25) is 0 Å². The fraction of sp³-hybridized carbons (Fsp3) is 1.00. The van der Waals surface area contributed by atoms with E-state index in [1.165, 1.54) is 57.8 Å². The summed E-state index contributed by atoms with van der Waals surface area (Å²) in [6.07, 6.45) is 14.0. The first kappa shape index (κ1) is 15.4. The molecule has 2 aliphatic heterocycles. The van der Waals surface area contributed by atoms with Crippen LogP contribution in [0.5, 0.6) is 0 Å². The summed E-state index contributed by atoms with van der Waals surface area (Å²) < 4.78 is 0. The van der Waals surface area contributed by atoms with Crippen molar-refractivity contribution in [2.75, 3.05) is 0 Å². The summed E-state index contributed by atoms with van der Waals surface area (Å²) in [5.41, 5.74) is 7.86. The lowest BCUT2D eigenvalue weighted by Gasteiger charge is -2.55. The molecular weight excluding hydrogens is 270 g/mol. The van der Waals surface area contributed by atoms with Gasteiger partial charge in [-0.15, -0.1) is 0 Å². The fourth-order valence-corrected chi connectivity index (χ4v) is 6.33. The first-order valence-corrected chi connectivity index (χ1v) is 9.87. The van der Waals surface area contributed by atoms with Crippen LogP contribution in [-0.2, 0) is 0 Å². The van der Waals surface area contributed by atoms with Gasteiger partial charge in [-0.1, -0.05) is 45.4 Å². The highest BCUT2D eigenvalue weighted by Crippen LogP contribution is 2.49. The van der Waals surface area contributed by atoms with Crippen LogP contribution in [0.4, 0.5) is 0 Å². The molecule has 4 fully saturated rings. The number of hydrogen-bond donors (Lipinski definition) is 2. The van der Waals surface area contributed by atoms with E-state index >= 15 is 0 Å². The van der Waals surface area contributed by atoms with E-state index < -0.39 is 0 Å². The van der Waals surface area contributed by atoms with Gasteiger partial charge in [-0.2, -0.15) is 0 Å². The summed E-state index contributed by atoms with van der Waals surface area (Å²) in [5, 5.41) is 0. The third kappa shape index (κ3) is 2.44. The van der Waals surface area contributed by atoms with Crippen molar-refractivity contribution in [3.8, 4) is 0 Å². The highest BCUT2D eigenvalue weighted by atomic mass is 15.6. The highest BCUT2D eigenvalue weighted by molar-refractivity contribution is 5.05. The van der Waals surface area contributed by atoms with Gasteiger partial charge in [-0.3, -0.25) is 4.90 Å². The van der Waals surface area contributed by atoms with Crippen molar-refractivity contribution in [1.29, 1.82) is 0 Å². The standard InChI is InChI=1S/C19H35N3/c1-13-8-4-6-10-15(13)17-20-21-18-16-11-7-5-9-14(16)12-19(2,3)22(17)18/h13-18,20-21H,4-12H2,1-3H3. The SMILES string of the molecule is CC1CCCCC1C1NNC2C3CCCCC3CC(C)(C)N12. The van der Waals surface area contributed by atoms with E-state index in [0.717, 1.165) is 23.7 Å². The Bertz CT molecular complexity index is 407. The van der Waals surface area contributed by atoms with E-state index in [9.17, 15) is 0 Å². The van der Waals surface area contributed by atoms with Gasteiger partial charge in [-0.05, 0) is 56.8 Å². The zero-order valence-corrected chi connectivity index (χ0v) is 14.8. The van der Waals surface area contributed by atoms with Crippen molar-refractivity contribution in [3.63, 3.8) is 0 Å². The van der Waals surface area contributed by atoms with Crippen molar-refractivity contribution in [3.05, 3.63) is 0 Å². The predicted octanol–water partition coefficient (Wildman–Crippen LogP) is 3.86. The molecule has 3 nitrogen and oxygen atoms in total. The Morgan fingerprint density at radius 2 is 1.41 bits per heavy atom. The number of hydrazine groups is 1. The average molecular weight is 306 g/mol. The fourth-order valence-electron chi connectivity index (χ4n) is 6.33. The maximum Gasteiger partial charge on any atom is 0.0778 e. The average Bonchev–Trinajstić information content (AvgIpc) is 2.93. The first-order chi connectivity index (χ1) is 10.6. The number of rotatable bonds is 1. The largest absolute Gasteiger partial charge is 0.264 e. The summed E-state index contributed by atoms with van der Waals surface area (Å²) in [6.45, 7) is 7.49. The van der Waals surface area contributed by atoms with Gasteiger partial charge in [0.1, 0.15) is 0 Å². The molecule has 0 radical (unpaired) electrons. The van der Waals surface area contributed by atoms with Crippen LogP contribution in [0.3, 0.4) is 0 Å². The van der Waals surface area contributed by atoms with Gasteiger partial charge in [0.25, 0.3) is 0 Å². The monoisotopic (exact) mass is 305 g/mol. The second-order valence-electron chi connectivity index (χ2n) is 9.24. The van der Waals surface area contributed by atoms with E-state index in [-0.39, 0.29) is 0 Å². The molecule has 0 aromatic carbocycles. The zero-order chi connectivity index (χ0) is 15.3. The van der Waals surface area contributed by atoms with Gasteiger partial charge < -0.3 is 0 Å². The summed E-state index contributed by atoms with van der Waals surface area (Å²) in [6, 6.07) is 0. The van der Waals surface area contributed by atoms with Crippen molar-refractivity contribution in [2.24, 2.45) is 23.7 Å². The van der Waals surface area contributed by atoms with E-state index in [1.54, 1.807) is 0 Å². The van der Waals surface area contributed by atoms with Crippen LogP contribution in [0.2, 0.25) is 0 Å². The van der Waals surface area contributed by atoms with Crippen LogP contribution < -0.4 is 10.9 Å². The first-order valence-electron chi connectivity index (χ1n) is 9.87. The topological polar surface area (TPSA) is 27.3 Å². The molecule has 0 amide bonds. The highest BCUT2D eigenvalue weighted by Gasteiger charge is 2.54.